The number of amides is 1. The number of hydrogen-bond donors (Lipinski definition) is 2. The summed E-state index contributed by atoms with van der Waals surface area (Å²) in [6.07, 6.45) is 3.15. The van der Waals surface area contributed by atoms with Crippen molar-refractivity contribution in [2.45, 2.75) is 13.0 Å². The van der Waals surface area contributed by atoms with E-state index in [9.17, 15) is 9.18 Å². The molecule has 6 nitrogen and oxygen atoms in total. The van der Waals surface area contributed by atoms with Crippen LogP contribution in [-0.4, -0.2) is 23.0 Å². The first-order valence-electron chi connectivity index (χ1n) is 7.23. The van der Waals surface area contributed by atoms with Crippen LogP contribution in [0.3, 0.4) is 0 Å². The van der Waals surface area contributed by atoms with E-state index >= 15 is 0 Å². The van der Waals surface area contributed by atoms with Crippen LogP contribution in [-0.2, 0) is 0 Å². The van der Waals surface area contributed by atoms with E-state index < -0.39 is 11.9 Å². The van der Waals surface area contributed by atoms with Gasteiger partial charge in [-0.2, -0.15) is 9.38 Å². The Labute approximate surface area is 137 Å². The molecule has 0 spiro atoms. The fourth-order valence-electron chi connectivity index (χ4n) is 2.50. The number of carbonyl (C=O) groups excluding carboxylic acids is 1. The Hall–Kier alpha value is -3.22. The van der Waals surface area contributed by atoms with Crippen LogP contribution in [0.25, 0.3) is 5.57 Å². The van der Waals surface area contributed by atoms with Crippen LogP contribution >= 0.6 is 0 Å². The lowest BCUT2D eigenvalue weighted by Crippen LogP contribution is -2.24. The summed E-state index contributed by atoms with van der Waals surface area (Å²) in [6.45, 7) is 1.89. The fourth-order valence-corrected chi connectivity index (χ4v) is 2.50. The Balaban J connectivity index is 2.09. The second-order valence-electron chi connectivity index (χ2n) is 5.33. The molecule has 0 radical (unpaired) electrons. The minimum absolute atomic E-state index is 0.170. The molecule has 0 aliphatic carbocycles. The molecule has 122 valence electrons. The number of nitrogens with zero attached hydrogens (tertiary/aromatic N) is 2. The van der Waals surface area contributed by atoms with Gasteiger partial charge in [-0.25, -0.2) is 4.98 Å². The fraction of sp³-hybridized carbons (Fsp3) is 0.118. The molecule has 2 aromatic rings. The summed E-state index contributed by atoms with van der Waals surface area (Å²) in [5.74, 6) is -0.795. The lowest BCUT2D eigenvalue weighted by molar-refractivity contribution is 0.100. The molecule has 4 N–H and O–H groups in total. The van der Waals surface area contributed by atoms with E-state index in [-0.39, 0.29) is 12.1 Å². The number of carbonyl (C=O) groups is 1. The van der Waals surface area contributed by atoms with Crippen LogP contribution in [0.4, 0.5) is 4.39 Å². The first-order valence-corrected chi connectivity index (χ1v) is 7.23. The van der Waals surface area contributed by atoms with E-state index in [1.807, 2.05) is 13.0 Å². The van der Waals surface area contributed by atoms with E-state index in [2.05, 4.69) is 9.98 Å². The minimum Gasteiger partial charge on any atom is -0.486 e. The Morgan fingerprint density at radius 1 is 1.29 bits per heavy atom. The smallest absolute Gasteiger partial charge is 0.280 e. The molecule has 1 aliphatic rings. The van der Waals surface area contributed by atoms with Crippen molar-refractivity contribution in [3.63, 3.8) is 0 Å². The van der Waals surface area contributed by atoms with E-state index in [0.717, 1.165) is 11.1 Å². The van der Waals surface area contributed by atoms with Gasteiger partial charge in [0.2, 0.25) is 5.95 Å². The monoisotopic (exact) mass is 326 g/mol. The Bertz CT molecular complexity index is 855. The molecular formula is C17H15FN4O2. The number of hydrogen-bond acceptors (Lipinski definition) is 3. The van der Waals surface area contributed by atoms with Crippen molar-refractivity contribution >= 4 is 17.4 Å². The molecule has 1 unspecified atom stereocenters. The second kappa shape index (κ2) is 6.11. The standard InChI is InChI=1S/C17H15FN4O2/c1-9-6-12(11-3-5-15(18)21-8-11)13-7-10(2-4-14(13)24-9)16(23)22-17(19)20/h2-9H,1H3,(H4,19,20,22,23). The zero-order valence-electron chi connectivity index (χ0n) is 12.9. The third-order valence-corrected chi connectivity index (χ3v) is 3.50. The summed E-state index contributed by atoms with van der Waals surface area (Å²) in [5.41, 5.74) is 13.0. The van der Waals surface area contributed by atoms with Crippen molar-refractivity contribution < 1.29 is 13.9 Å². The SMILES string of the molecule is CC1C=C(c2ccc(F)nc2)c2cc(C(=O)N=C(N)N)ccc2O1. The normalized spacial score (nSPS) is 15.8. The first-order chi connectivity index (χ1) is 11.4. The average Bonchev–Trinajstić information content (AvgIpc) is 2.53. The average molecular weight is 326 g/mol. The highest BCUT2D eigenvalue weighted by Crippen LogP contribution is 2.36. The second-order valence-corrected chi connectivity index (χ2v) is 5.33. The van der Waals surface area contributed by atoms with Gasteiger partial charge in [-0.15, -0.1) is 0 Å². The number of aliphatic imine (C=N–C) groups is 1. The van der Waals surface area contributed by atoms with Crippen LogP contribution in [0, 0.1) is 5.95 Å². The van der Waals surface area contributed by atoms with Crippen molar-refractivity contribution in [2.24, 2.45) is 16.5 Å². The molecule has 1 amide bonds. The van der Waals surface area contributed by atoms with Gasteiger partial charge >= 0.3 is 0 Å². The number of halogens is 1. The van der Waals surface area contributed by atoms with Crippen molar-refractivity contribution in [1.82, 2.24) is 4.98 Å². The van der Waals surface area contributed by atoms with Crippen molar-refractivity contribution in [3.8, 4) is 5.75 Å². The maximum absolute atomic E-state index is 13.1. The van der Waals surface area contributed by atoms with Gasteiger partial charge in [-0.3, -0.25) is 4.79 Å². The van der Waals surface area contributed by atoms with E-state index in [0.29, 0.717) is 16.9 Å². The molecule has 1 aromatic heterocycles. The third-order valence-electron chi connectivity index (χ3n) is 3.50. The maximum atomic E-state index is 13.1. The molecule has 7 heteroatoms. The molecule has 1 aromatic carbocycles. The molecule has 0 bridgehead atoms. The van der Waals surface area contributed by atoms with Crippen LogP contribution in [0.5, 0.6) is 5.75 Å². The minimum atomic E-state index is -0.559. The van der Waals surface area contributed by atoms with Crippen molar-refractivity contribution in [1.29, 1.82) is 0 Å². The summed E-state index contributed by atoms with van der Waals surface area (Å²) >= 11 is 0. The number of fused-ring (bicyclic) bond motifs is 1. The van der Waals surface area contributed by atoms with Gasteiger partial charge < -0.3 is 16.2 Å². The van der Waals surface area contributed by atoms with Gasteiger partial charge in [0.05, 0.1) is 0 Å². The lowest BCUT2D eigenvalue weighted by atomic mass is 9.93. The van der Waals surface area contributed by atoms with Crippen LogP contribution in [0.2, 0.25) is 0 Å². The number of ether oxygens (including phenoxy) is 1. The zero-order chi connectivity index (χ0) is 17.3. The van der Waals surface area contributed by atoms with Gasteiger partial charge in [-0.1, -0.05) is 0 Å². The Morgan fingerprint density at radius 3 is 2.75 bits per heavy atom. The maximum Gasteiger partial charge on any atom is 0.280 e. The molecule has 0 saturated carbocycles. The van der Waals surface area contributed by atoms with E-state index in [1.165, 1.54) is 12.3 Å². The number of aromatic nitrogens is 1. The van der Waals surface area contributed by atoms with E-state index in [4.69, 9.17) is 16.2 Å². The molecule has 3 rings (SSSR count). The third kappa shape index (κ3) is 3.10. The molecule has 0 fully saturated rings. The quantitative estimate of drug-likeness (QED) is 0.498. The number of guanidine groups is 1. The largest absolute Gasteiger partial charge is 0.486 e. The summed E-state index contributed by atoms with van der Waals surface area (Å²) in [4.78, 5) is 19.2. The van der Waals surface area contributed by atoms with Crippen LogP contribution in [0.15, 0.2) is 47.6 Å². The predicted molar refractivity (Wildman–Crippen MR) is 87.9 cm³/mol. The van der Waals surface area contributed by atoms with Gasteiger partial charge in [0.25, 0.3) is 5.91 Å². The zero-order valence-corrected chi connectivity index (χ0v) is 12.9. The van der Waals surface area contributed by atoms with Gasteiger partial charge in [0.1, 0.15) is 11.9 Å². The molecule has 1 aliphatic heterocycles. The summed E-state index contributed by atoms with van der Waals surface area (Å²) < 4.78 is 18.8. The number of benzene rings is 1. The highest BCUT2D eigenvalue weighted by Gasteiger charge is 2.21. The van der Waals surface area contributed by atoms with Crippen molar-refractivity contribution in [3.05, 3.63) is 65.2 Å². The molecule has 0 saturated heterocycles. The predicted octanol–water partition coefficient (Wildman–Crippen LogP) is 1.85. The lowest BCUT2D eigenvalue weighted by Gasteiger charge is -2.23. The van der Waals surface area contributed by atoms with Crippen molar-refractivity contribution in [2.75, 3.05) is 0 Å². The van der Waals surface area contributed by atoms with E-state index in [1.54, 1.807) is 24.3 Å². The summed E-state index contributed by atoms with van der Waals surface area (Å²) in [5, 5.41) is 0. The molecule has 1 atom stereocenters. The van der Waals surface area contributed by atoms with Gasteiger partial charge in [-0.05, 0) is 48.9 Å². The number of nitrogens with two attached hydrogens (primary N) is 2. The topological polar surface area (TPSA) is 104 Å². The number of pyridine rings is 1. The van der Waals surface area contributed by atoms with Crippen LogP contribution < -0.4 is 16.2 Å². The Morgan fingerprint density at radius 2 is 2.08 bits per heavy atom. The molecule has 2 heterocycles. The highest BCUT2D eigenvalue weighted by molar-refractivity contribution is 6.03. The Kier molecular flexibility index (Phi) is 3.99. The van der Waals surface area contributed by atoms with Gasteiger partial charge in [0, 0.05) is 22.9 Å². The summed E-state index contributed by atoms with van der Waals surface area (Å²) in [7, 11) is 0. The molecule has 24 heavy (non-hydrogen) atoms. The highest BCUT2D eigenvalue weighted by atomic mass is 19.1. The molecular weight excluding hydrogens is 311 g/mol. The van der Waals surface area contributed by atoms with Gasteiger partial charge in [0.15, 0.2) is 5.96 Å². The first kappa shape index (κ1) is 15.7. The summed E-state index contributed by atoms with van der Waals surface area (Å²) in [6, 6.07) is 7.83. The number of rotatable bonds is 2. The van der Waals surface area contributed by atoms with Crippen LogP contribution in [0.1, 0.15) is 28.4 Å².